The van der Waals surface area contributed by atoms with E-state index in [2.05, 4.69) is 193 Å². The van der Waals surface area contributed by atoms with Gasteiger partial charge in [-0.15, -0.1) is 0 Å². The Morgan fingerprint density at radius 3 is 1.60 bits per heavy atom. The van der Waals surface area contributed by atoms with Gasteiger partial charge in [-0.2, -0.15) is 0 Å². The van der Waals surface area contributed by atoms with E-state index in [0.29, 0.717) is 0 Å². The minimum atomic E-state index is 0.824. The van der Waals surface area contributed by atoms with E-state index in [4.69, 9.17) is 8.83 Å². The minimum absolute atomic E-state index is 0.824. The molecule has 0 aliphatic carbocycles. The van der Waals surface area contributed by atoms with Crippen LogP contribution in [0.2, 0.25) is 0 Å². The number of nitrogens with zero attached hydrogens (tertiary/aromatic N) is 1. The average molecular weight is 704 g/mol. The van der Waals surface area contributed by atoms with E-state index in [1.807, 2.05) is 12.1 Å². The number of anilines is 3. The van der Waals surface area contributed by atoms with Gasteiger partial charge in [0.1, 0.15) is 16.7 Å². The normalized spacial score (nSPS) is 11.6. The minimum Gasteiger partial charge on any atom is -0.455 e. The first kappa shape index (κ1) is 31.2. The summed E-state index contributed by atoms with van der Waals surface area (Å²) in [5, 5.41) is 6.49. The van der Waals surface area contributed by atoms with E-state index < -0.39 is 0 Å². The predicted octanol–water partition coefficient (Wildman–Crippen LogP) is 15.1. The van der Waals surface area contributed by atoms with Crippen LogP contribution in [0.4, 0.5) is 17.1 Å². The highest BCUT2D eigenvalue weighted by Crippen LogP contribution is 2.50. The van der Waals surface area contributed by atoms with Gasteiger partial charge in [0, 0.05) is 27.1 Å². The number of fused-ring (bicyclic) bond motifs is 8. The molecule has 258 valence electrons. The Bertz CT molecular complexity index is 3210. The van der Waals surface area contributed by atoms with Gasteiger partial charge >= 0.3 is 0 Å². The van der Waals surface area contributed by atoms with E-state index in [0.717, 1.165) is 88.4 Å². The lowest BCUT2D eigenvalue weighted by molar-refractivity contribution is 0.669. The smallest absolute Gasteiger partial charge is 0.159 e. The molecular weight excluding hydrogens is 671 g/mol. The summed E-state index contributed by atoms with van der Waals surface area (Å²) in [6, 6.07) is 70.8. The Morgan fingerprint density at radius 2 is 0.800 bits per heavy atom. The molecule has 2 heterocycles. The molecule has 0 unspecified atom stereocenters. The first-order valence-corrected chi connectivity index (χ1v) is 18.7. The molecule has 0 radical (unpaired) electrons. The van der Waals surface area contributed by atoms with Crippen LogP contribution in [0.1, 0.15) is 0 Å². The summed E-state index contributed by atoms with van der Waals surface area (Å²) in [5.41, 5.74) is 13.4. The van der Waals surface area contributed by atoms with Crippen LogP contribution in [-0.4, -0.2) is 0 Å². The van der Waals surface area contributed by atoms with Crippen LogP contribution in [0.3, 0.4) is 0 Å². The molecule has 55 heavy (non-hydrogen) atoms. The number of para-hydroxylation sites is 3. The van der Waals surface area contributed by atoms with Gasteiger partial charge in [0.25, 0.3) is 0 Å². The van der Waals surface area contributed by atoms with E-state index in [-0.39, 0.29) is 0 Å². The van der Waals surface area contributed by atoms with Crippen molar-refractivity contribution in [3.63, 3.8) is 0 Å². The van der Waals surface area contributed by atoms with Crippen LogP contribution in [0.15, 0.2) is 209 Å². The van der Waals surface area contributed by atoms with Crippen molar-refractivity contribution in [3.05, 3.63) is 200 Å². The number of benzene rings is 9. The molecule has 0 aliphatic heterocycles. The Hall–Kier alpha value is -7.36. The summed E-state index contributed by atoms with van der Waals surface area (Å²) in [5.74, 6) is 0. The van der Waals surface area contributed by atoms with Gasteiger partial charge in [-0.3, -0.25) is 0 Å². The zero-order valence-corrected chi connectivity index (χ0v) is 29.8. The molecule has 3 heteroatoms. The molecule has 0 N–H and O–H groups in total. The van der Waals surface area contributed by atoms with Crippen molar-refractivity contribution in [2.75, 3.05) is 4.90 Å². The Kier molecular flexibility index (Phi) is 7.17. The van der Waals surface area contributed by atoms with Crippen molar-refractivity contribution >= 4 is 71.7 Å². The molecular formula is C52H33NO2. The maximum atomic E-state index is 6.93. The Labute approximate surface area is 317 Å². The lowest BCUT2D eigenvalue weighted by Crippen LogP contribution is -2.12. The molecule has 11 rings (SSSR count). The number of hydrogen-bond donors (Lipinski definition) is 0. The first-order valence-electron chi connectivity index (χ1n) is 18.7. The van der Waals surface area contributed by atoms with E-state index in [1.54, 1.807) is 0 Å². The van der Waals surface area contributed by atoms with E-state index in [9.17, 15) is 0 Å². The number of hydrogen-bond acceptors (Lipinski definition) is 3. The average Bonchev–Trinajstić information content (AvgIpc) is 3.84. The van der Waals surface area contributed by atoms with E-state index in [1.165, 1.54) is 16.7 Å². The third-order valence-electron chi connectivity index (χ3n) is 10.9. The van der Waals surface area contributed by atoms with Crippen LogP contribution >= 0.6 is 0 Å². The van der Waals surface area contributed by atoms with Crippen molar-refractivity contribution in [2.24, 2.45) is 0 Å². The zero-order chi connectivity index (χ0) is 36.3. The highest BCUT2D eigenvalue weighted by atomic mass is 16.3. The zero-order valence-electron chi connectivity index (χ0n) is 29.8. The van der Waals surface area contributed by atoms with Gasteiger partial charge in [-0.25, -0.2) is 0 Å². The molecule has 0 aliphatic rings. The molecule has 0 atom stereocenters. The van der Waals surface area contributed by atoms with Crippen molar-refractivity contribution in [3.8, 4) is 33.4 Å². The number of furan rings is 2. The lowest BCUT2D eigenvalue weighted by Gasteiger charge is -2.28. The fourth-order valence-electron chi connectivity index (χ4n) is 8.45. The largest absolute Gasteiger partial charge is 0.455 e. The lowest BCUT2D eigenvalue weighted by atomic mass is 9.90. The molecule has 2 aromatic heterocycles. The SMILES string of the molecule is c1ccc(-c2ccccc2-c2cc3c(oc4cccc(N(c5ccccc5-c5ccccc5)c5cccc6c5oc5ccccc56)c43)c3ccccc23)cc1. The quantitative estimate of drug-likeness (QED) is 0.173. The van der Waals surface area contributed by atoms with Crippen LogP contribution in [-0.2, 0) is 0 Å². The Morgan fingerprint density at radius 1 is 0.291 bits per heavy atom. The molecule has 0 saturated heterocycles. The van der Waals surface area contributed by atoms with Crippen molar-refractivity contribution in [1.82, 2.24) is 0 Å². The van der Waals surface area contributed by atoms with Crippen molar-refractivity contribution in [2.45, 2.75) is 0 Å². The summed E-state index contributed by atoms with van der Waals surface area (Å²) in [7, 11) is 0. The third kappa shape index (κ3) is 4.98. The maximum absolute atomic E-state index is 6.93. The van der Waals surface area contributed by atoms with Crippen LogP contribution < -0.4 is 4.90 Å². The molecule has 0 saturated carbocycles. The van der Waals surface area contributed by atoms with Gasteiger partial charge in [-0.05, 0) is 69.6 Å². The summed E-state index contributed by atoms with van der Waals surface area (Å²) < 4.78 is 13.7. The van der Waals surface area contributed by atoms with Gasteiger partial charge in [0.2, 0.25) is 0 Å². The monoisotopic (exact) mass is 703 g/mol. The third-order valence-corrected chi connectivity index (χ3v) is 10.9. The molecule has 0 spiro atoms. The second-order valence-electron chi connectivity index (χ2n) is 14.0. The molecule has 0 bridgehead atoms. The predicted molar refractivity (Wildman–Crippen MR) is 229 cm³/mol. The Balaban J connectivity index is 1.26. The van der Waals surface area contributed by atoms with Crippen LogP contribution in [0.25, 0.3) is 88.0 Å². The highest BCUT2D eigenvalue weighted by Gasteiger charge is 2.26. The van der Waals surface area contributed by atoms with Crippen molar-refractivity contribution in [1.29, 1.82) is 0 Å². The number of rotatable bonds is 6. The summed E-state index contributed by atoms with van der Waals surface area (Å²) in [6.07, 6.45) is 0. The highest BCUT2D eigenvalue weighted by molar-refractivity contribution is 6.24. The molecule has 3 nitrogen and oxygen atoms in total. The maximum Gasteiger partial charge on any atom is 0.159 e. The van der Waals surface area contributed by atoms with Crippen LogP contribution in [0.5, 0.6) is 0 Å². The second kappa shape index (κ2) is 12.6. The molecule has 9 aromatic carbocycles. The first-order chi connectivity index (χ1) is 27.3. The molecule has 0 fully saturated rings. The topological polar surface area (TPSA) is 29.5 Å². The fourth-order valence-corrected chi connectivity index (χ4v) is 8.45. The second-order valence-corrected chi connectivity index (χ2v) is 14.0. The van der Waals surface area contributed by atoms with Gasteiger partial charge in [-0.1, -0.05) is 164 Å². The van der Waals surface area contributed by atoms with Gasteiger partial charge < -0.3 is 13.7 Å². The van der Waals surface area contributed by atoms with Crippen LogP contribution in [0, 0.1) is 0 Å². The fraction of sp³-hybridized carbons (Fsp3) is 0. The van der Waals surface area contributed by atoms with Gasteiger partial charge in [0.15, 0.2) is 5.58 Å². The standard InChI is InChI=1S/C52H33NO2/c1-3-17-34(18-4-1)36-21-7-8-23-38(36)43-33-44-50-46(29-16-32-49(50)55-51(44)41-26-10-9-24-39(41)43)53(45-28-13-11-22-37(45)35-19-5-2-6-20-35)47-30-15-27-42-40-25-12-14-31-48(40)54-52(42)47/h1-33H. The summed E-state index contributed by atoms with van der Waals surface area (Å²) >= 11 is 0. The molecule has 11 aromatic rings. The van der Waals surface area contributed by atoms with Gasteiger partial charge in [0.05, 0.1) is 22.4 Å². The summed E-state index contributed by atoms with van der Waals surface area (Å²) in [4.78, 5) is 2.37. The summed E-state index contributed by atoms with van der Waals surface area (Å²) in [6.45, 7) is 0. The van der Waals surface area contributed by atoms with E-state index >= 15 is 0 Å². The molecule has 0 amide bonds. The van der Waals surface area contributed by atoms with Crippen molar-refractivity contribution < 1.29 is 8.83 Å².